The van der Waals surface area contributed by atoms with Gasteiger partial charge in [-0.25, -0.2) is 4.79 Å². The van der Waals surface area contributed by atoms with Crippen molar-refractivity contribution < 1.29 is 9.53 Å². The van der Waals surface area contributed by atoms with E-state index in [4.69, 9.17) is 22.1 Å². The van der Waals surface area contributed by atoms with Crippen LogP contribution in [0.25, 0.3) is 0 Å². The maximum Gasteiger partial charge on any atom is 0.314 e. The molecule has 0 heterocycles. The molecule has 0 aliphatic heterocycles. The molecular weight excluding hydrogens is 240 g/mol. The number of nitrogens with zero attached hydrogens (tertiary/aromatic N) is 1. The zero-order chi connectivity index (χ0) is 13.0. The number of halogens is 1. The zero-order valence-corrected chi connectivity index (χ0v) is 11.0. The molecule has 1 aromatic rings. The number of ether oxygens (including phenoxy) is 1. The monoisotopic (exact) mass is 256 g/mol. The number of likely N-dealkylation sites (N-methyl/N-ethyl adjacent to an activating group) is 1. The van der Waals surface area contributed by atoms with Crippen molar-refractivity contribution >= 4 is 17.6 Å². The summed E-state index contributed by atoms with van der Waals surface area (Å²) >= 11 is 6.00. The Bertz CT molecular complexity index is 421. The lowest BCUT2D eigenvalue weighted by molar-refractivity contribution is 0.219. The molecule has 0 saturated heterocycles. The molecule has 1 aromatic carbocycles. The first-order chi connectivity index (χ1) is 7.95. The van der Waals surface area contributed by atoms with Crippen molar-refractivity contribution in [1.29, 1.82) is 0 Å². The van der Waals surface area contributed by atoms with Crippen molar-refractivity contribution in [3.63, 3.8) is 0 Å². The van der Waals surface area contributed by atoms with Crippen LogP contribution in [-0.2, 0) is 6.42 Å². The molecule has 0 saturated carbocycles. The summed E-state index contributed by atoms with van der Waals surface area (Å²) in [5.41, 5.74) is 7.12. The van der Waals surface area contributed by atoms with E-state index in [1.807, 2.05) is 19.1 Å². The highest BCUT2D eigenvalue weighted by atomic mass is 35.5. The van der Waals surface area contributed by atoms with Crippen LogP contribution >= 0.6 is 11.6 Å². The number of benzene rings is 1. The Kier molecular flexibility index (Phi) is 4.63. The van der Waals surface area contributed by atoms with E-state index in [-0.39, 0.29) is 0 Å². The van der Waals surface area contributed by atoms with Crippen molar-refractivity contribution in [2.75, 3.05) is 20.7 Å². The summed E-state index contributed by atoms with van der Waals surface area (Å²) in [6.07, 6.45) is 0.657. The summed E-state index contributed by atoms with van der Waals surface area (Å²) in [5.74, 6) is 0.812. The van der Waals surface area contributed by atoms with Crippen LogP contribution in [0.1, 0.15) is 11.1 Å². The topological polar surface area (TPSA) is 55.6 Å². The van der Waals surface area contributed by atoms with E-state index in [0.29, 0.717) is 18.0 Å². The average molecular weight is 257 g/mol. The Balaban J connectivity index is 2.86. The van der Waals surface area contributed by atoms with Crippen molar-refractivity contribution in [2.24, 2.45) is 5.73 Å². The number of hydrogen-bond donors (Lipinski definition) is 1. The summed E-state index contributed by atoms with van der Waals surface area (Å²) in [4.78, 5) is 12.4. The second-order valence-corrected chi connectivity index (χ2v) is 4.36. The Morgan fingerprint density at radius 1 is 1.53 bits per heavy atom. The third-order valence-corrected chi connectivity index (χ3v) is 2.83. The first-order valence-corrected chi connectivity index (χ1v) is 5.67. The quantitative estimate of drug-likeness (QED) is 0.898. The molecule has 0 aliphatic rings. The molecule has 0 spiro atoms. The van der Waals surface area contributed by atoms with Crippen LogP contribution in [0.15, 0.2) is 12.1 Å². The molecule has 0 radical (unpaired) electrons. The number of hydrogen-bond acceptors (Lipinski definition) is 2. The van der Waals surface area contributed by atoms with E-state index in [1.165, 1.54) is 4.90 Å². The lowest BCUT2D eigenvalue weighted by Crippen LogP contribution is -2.33. The van der Waals surface area contributed by atoms with Crippen molar-refractivity contribution in [1.82, 2.24) is 4.90 Å². The fourth-order valence-corrected chi connectivity index (χ4v) is 1.97. The van der Waals surface area contributed by atoms with Crippen LogP contribution < -0.4 is 10.5 Å². The number of methoxy groups -OCH3 is 1. The number of aryl methyl sites for hydroxylation is 1. The number of carbonyl (C=O) groups is 1. The van der Waals surface area contributed by atoms with Crippen molar-refractivity contribution in [3.8, 4) is 5.75 Å². The molecule has 0 atom stereocenters. The molecule has 0 fully saturated rings. The van der Waals surface area contributed by atoms with Gasteiger partial charge in [0.2, 0.25) is 0 Å². The lowest BCUT2D eigenvalue weighted by Gasteiger charge is -2.16. The predicted molar refractivity (Wildman–Crippen MR) is 68.7 cm³/mol. The third kappa shape index (κ3) is 3.53. The molecule has 0 bridgehead atoms. The van der Waals surface area contributed by atoms with Gasteiger partial charge in [-0.15, -0.1) is 0 Å². The van der Waals surface area contributed by atoms with Crippen LogP contribution in [0.2, 0.25) is 5.02 Å². The average Bonchev–Trinajstić information content (AvgIpc) is 2.24. The van der Waals surface area contributed by atoms with Gasteiger partial charge in [0.1, 0.15) is 5.75 Å². The third-order valence-electron chi connectivity index (χ3n) is 2.61. The largest absolute Gasteiger partial charge is 0.496 e. The molecule has 4 nitrogen and oxygen atoms in total. The van der Waals surface area contributed by atoms with Gasteiger partial charge < -0.3 is 15.4 Å². The maximum atomic E-state index is 10.9. The van der Waals surface area contributed by atoms with Gasteiger partial charge in [-0.2, -0.15) is 0 Å². The van der Waals surface area contributed by atoms with Crippen LogP contribution in [0.5, 0.6) is 5.75 Å². The van der Waals surface area contributed by atoms with Crippen molar-refractivity contribution in [2.45, 2.75) is 13.3 Å². The zero-order valence-electron chi connectivity index (χ0n) is 10.3. The number of amides is 2. The molecular formula is C12H17ClN2O2. The normalized spacial score (nSPS) is 10.1. The van der Waals surface area contributed by atoms with Gasteiger partial charge in [0.15, 0.2) is 0 Å². The molecule has 17 heavy (non-hydrogen) atoms. The van der Waals surface area contributed by atoms with Gasteiger partial charge in [-0.1, -0.05) is 11.6 Å². The fraction of sp³-hybridized carbons (Fsp3) is 0.417. The Hall–Kier alpha value is -1.42. The SMILES string of the molecule is COc1c(C)cc(Cl)cc1CCN(C)C(N)=O. The number of rotatable bonds is 4. The fourth-order valence-electron chi connectivity index (χ4n) is 1.68. The Morgan fingerprint density at radius 3 is 2.71 bits per heavy atom. The molecule has 0 aliphatic carbocycles. The van der Waals surface area contributed by atoms with Crippen LogP contribution in [0.3, 0.4) is 0 Å². The number of nitrogens with two attached hydrogens (primary N) is 1. The van der Waals surface area contributed by atoms with Crippen LogP contribution in [0, 0.1) is 6.92 Å². The molecule has 2 N–H and O–H groups in total. The van der Waals surface area contributed by atoms with Gasteiger partial charge in [0.25, 0.3) is 0 Å². The summed E-state index contributed by atoms with van der Waals surface area (Å²) in [6.45, 7) is 2.47. The lowest BCUT2D eigenvalue weighted by atomic mass is 10.1. The van der Waals surface area contributed by atoms with E-state index >= 15 is 0 Å². The Labute approximate surface area is 106 Å². The van der Waals surface area contributed by atoms with Gasteiger partial charge in [0.05, 0.1) is 7.11 Å². The van der Waals surface area contributed by atoms with Gasteiger partial charge in [-0.3, -0.25) is 0 Å². The number of primary amides is 1. The Morgan fingerprint density at radius 2 is 2.18 bits per heavy atom. The van der Waals surface area contributed by atoms with Crippen LogP contribution in [-0.4, -0.2) is 31.6 Å². The molecule has 0 unspecified atom stereocenters. The van der Waals surface area contributed by atoms with Gasteiger partial charge in [0, 0.05) is 18.6 Å². The van der Waals surface area contributed by atoms with E-state index in [1.54, 1.807) is 14.2 Å². The highest BCUT2D eigenvalue weighted by Crippen LogP contribution is 2.27. The van der Waals surface area contributed by atoms with E-state index in [9.17, 15) is 4.79 Å². The highest BCUT2D eigenvalue weighted by Gasteiger charge is 2.10. The standard InChI is InChI=1S/C12H17ClN2O2/c1-8-6-10(13)7-9(11(8)17-3)4-5-15(2)12(14)16/h6-7H,4-5H2,1-3H3,(H2,14,16). The van der Waals surface area contributed by atoms with Crippen molar-refractivity contribution in [3.05, 3.63) is 28.3 Å². The van der Waals surface area contributed by atoms with E-state index in [0.717, 1.165) is 16.9 Å². The maximum absolute atomic E-state index is 10.9. The highest BCUT2D eigenvalue weighted by molar-refractivity contribution is 6.30. The van der Waals surface area contributed by atoms with E-state index < -0.39 is 6.03 Å². The molecule has 5 heteroatoms. The molecule has 1 rings (SSSR count). The second kappa shape index (κ2) is 5.77. The summed E-state index contributed by atoms with van der Waals surface area (Å²) < 4.78 is 5.33. The molecule has 94 valence electrons. The first-order valence-electron chi connectivity index (χ1n) is 5.29. The summed E-state index contributed by atoms with van der Waals surface area (Å²) in [5, 5.41) is 0.667. The number of urea groups is 1. The predicted octanol–water partition coefficient (Wildman–Crippen LogP) is 2.21. The minimum atomic E-state index is -0.442. The minimum Gasteiger partial charge on any atom is -0.496 e. The van der Waals surface area contributed by atoms with E-state index in [2.05, 4.69) is 0 Å². The number of carbonyl (C=O) groups excluding carboxylic acids is 1. The van der Waals surface area contributed by atoms with Gasteiger partial charge >= 0.3 is 6.03 Å². The smallest absolute Gasteiger partial charge is 0.314 e. The first kappa shape index (κ1) is 13.6. The summed E-state index contributed by atoms with van der Waals surface area (Å²) in [6, 6.07) is 3.26. The second-order valence-electron chi connectivity index (χ2n) is 3.92. The summed E-state index contributed by atoms with van der Waals surface area (Å²) in [7, 11) is 3.28. The molecule has 0 aromatic heterocycles. The van der Waals surface area contributed by atoms with Gasteiger partial charge in [-0.05, 0) is 36.6 Å². The molecule has 2 amide bonds. The van der Waals surface area contributed by atoms with Crippen LogP contribution in [0.4, 0.5) is 4.79 Å². The minimum absolute atomic E-state index is 0.442.